The summed E-state index contributed by atoms with van der Waals surface area (Å²) in [6.07, 6.45) is 7.00. The second kappa shape index (κ2) is 27.7. The number of pyridine rings is 2. The van der Waals surface area contributed by atoms with Gasteiger partial charge in [-0.15, -0.1) is 23.2 Å². The maximum Gasteiger partial charge on any atom is 2.00 e. The molecule has 0 aliphatic rings. The number of carboxylic acids is 2. The molecule has 0 aliphatic heterocycles. The van der Waals surface area contributed by atoms with Gasteiger partial charge in [-0.05, 0) is 196 Å². The van der Waals surface area contributed by atoms with Crippen molar-refractivity contribution in [3.63, 3.8) is 0 Å². The van der Waals surface area contributed by atoms with Crippen LogP contribution in [-0.4, -0.2) is 27.2 Å². The molecule has 0 radical (unpaired) electrons. The average molecular weight is 1010 g/mol. The third-order valence-electron chi connectivity index (χ3n) is 11.5. The van der Waals surface area contributed by atoms with Crippen LogP contribution in [0.5, 0.6) is 0 Å². The number of benzene rings is 6. The van der Waals surface area contributed by atoms with Crippen molar-refractivity contribution in [3.05, 3.63) is 224 Å². The Kier molecular flexibility index (Phi) is 23.0. The fourth-order valence-corrected chi connectivity index (χ4v) is 9.42. The number of nitrogens with zero attached hydrogens (tertiary/aromatic N) is 2. The summed E-state index contributed by atoms with van der Waals surface area (Å²) in [5.74, 6) is -2.28. The molecule has 0 unspecified atom stereocenters. The van der Waals surface area contributed by atoms with Crippen LogP contribution in [0, 0.1) is 83.1 Å². The Balaban J connectivity index is 0.000000282. The Hall–Kier alpha value is -6.34. The first-order chi connectivity index (χ1) is 32.8. The molecule has 362 valence electrons. The summed E-state index contributed by atoms with van der Waals surface area (Å²) in [6.45, 7) is 24.5. The number of aromatic nitrogens is 2. The van der Waals surface area contributed by atoms with E-state index in [0.717, 1.165) is 89.0 Å². The van der Waals surface area contributed by atoms with E-state index in [-0.39, 0.29) is 33.5 Å². The van der Waals surface area contributed by atoms with Gasteiger partial charge in [-0.25, -0.2) is 0 Å². The standard InChI is InChI=1S/2C25H26O2.2C5H5N.CH2Cl2.Fe/c2*1-14-10-16(3)22(17(4)11-14)20-8-7-9-21(24(20)25(26)27)23-18(5)12-15(2)13-19(23)6;2*1-2-4-6-5-3-1;2-1-3;/h2*7-13H,1-6H3,(H,26,27);2*1-5H;1H2;/q;;;;;+2/p-2. The molecule has 0 spiro atoms. The Labute approximate surface area is 436 Å². The molecule has 70 heavy (non-hydrogen) atoms. The zero-order valence-electron chi connectivity index (χ0n) is 42.2. The van der Waals surface area contributed by atoms with Crippen LogP contribution in [0.1, 0.15) is 87.5 Å². The van der Waals surface area contributed by atoms with Crippen molar-refractivity contribution in [3.8, 4) is 44.5 Å². The SMILES string of the molecule is Cc1cc(C)c(-c2cccc(-c3c(C)cc(C)cc3C)c2C(=O)[O-])c(C)c1.Cc1cc(C)c(-c2cccc(-c3c(C)cc(C)cc3C)c2C(=O)[O-])c(C)c1.ClCCl.[Fe+2].c1ccncc1.c1ccncc1. The van der Waals surface area contributed by atoms with Crippen LogP contribution in [0.4, 0.5) is 0 Å². The van der Waals surface area contributed by atoms with Gasteiger partial charge in [0.15, 0.2) is 0 Å². The van der Waals surface area contributed by atoms with Gasteiger partial charge in [0.1, 0.15) is 0 Å². The third-order valence-corrected chi connectivity index (χ3v) is 11.5. The number of hydrogen-bond acceptors (Lipinski definition) is 6. The predicted molar refractivity (Wildman–Crippen MR) is 285 cm³/mol. The van der Waals surface area contributed by atoms with Crippen LogP contribution in [-0.2, 0) is 17.1 Å². The quantitative estimate of drug-likeness (QED) is 0.121. The van der Waals surface area contributed by atoms with E-state index in [1.807, 2.05) is 128 Å². The number of carboxylic acid groups (broad SMARTS) is 2. The van der Waals surface area contributed by atoms with E-state index in [1.54, 1.807) is 24.8 Å². The number of alkyl halides is 2. The molecular weight excluding hydrogens is 951 g/mol. The Morgan fingerprint density at radius 3 is 0.686 bits per heavy atom. The van der Waals surface area contributed by atoms with Crippen molar-refractivity contribution in [1.29, 1.82) is 0 Å². The number of halogens is 2. The van der Waals surface area contributed by atoms with E-state index in [4.69, 9.17) is 23.2 Å². The smallest absolute Gasteiger partial charge is 0.545 e. The van der Waals surface area contributed by atoms with Gasteiger partial charge in [-0.3, -0.25) is 9.97 Å². The first kappa shape index (κ1) is 58.0. The number of hydrogen-bond donors (Lipinski definition) is 0. The number of aryl methyl sites for hydroxylation is 12. The summed E-state index contributed by atoms with van der Waals surface area (Å²) in [4.78, 5) is 32.1. The molecule has 0 bridgehead atoms. The van der Waals surface area contributed by atoms with Crippen LogP contribution in [0.3, 0.4) is 0 Å². The van der Waals surface area contributed by atoms with Gasteiger partial charge in [-0.1, -0.05) is 119 Å². The number of aromatic carboxylic acids is 2. The average Bonchev–Trinajstić information content (AvgIpc) is 3.27. The molecule has 8 aromatic rings. The summed E-state index contributed by atoms with van der Waals surface area (Å²) in [6, 6.07) is 39.6. The van der Waals surface area contributed by atoms with Crippen LogP contribution in [0.25, 0.3) is 44.5 Å². The number of carbonyl (C=O) groups is 2. The summed E-state index contributed by atoms with van der Waals surface area (Å²) < 4.78 is 0. The Morgan fingerprint density at radius 1 is 0.371 bits per heavy atom. The van der Waals surface area contributed by atoms with Crippen molar-refractivity contribution in [2.45, 2.75) is 83.1 Å². The van der Waals surface area contributed by atoms with Gasteiger partial charge in [0.05, 0.1) is 17.3 Å². The minimum absolute atomic E-state index is 0. The fourth-order valence-electron chi connectivity index (χ4n) is 9.42. The summed E-state index contributed by atoms with van der Waals surface area (Å²) in [5.41, 5.74) is 20.6. The number of rotatable bonds is 6. The summed E-state index contributed by atoms with van der Waals surface area (Å²) in [5, 5.41) is 24.7. The predicted octanol–water partition coefficient (Wildman–Crippen LogP) is 14.1. The molecule has 6 aromatic carbocycles. The largest absolute Gasteiger partial charge is 2.00 e. The molecule has 0 saturated heterocycles. The summed E-state index contributed by atoms with van der Waals surface area (Å²) in [7, 11) is 0. The van der Waals surface area contributed by atoms with Crippen LogP contribution < -0.4 is 10.2 Å². The molecule has 9 heteroatoms. The Bertz CT molecular complexity index is 2530. The Morgan fingerprint density at radius 2 is 0.557 bits per heavy atom. The molecule has 0 atom stereocenters. The van der Waals surface area contributed by atoms with Gasteiger partial charge in [-0.2, -0.15) is 0 Å². The molecular formula is C61H62Cl2FeN2O4. The maximum atomic E-state index is 12.3. The van der Waals surface area contributed by atoms with Gasteiger partial charge < -0.3 is 19.8 Å². The van der Waals surface area contributed by atoms with Crippen molar-refractivity contribution < 1.29 is 36.9 Å². The molecule has 0 saturated carbocycles. The van der Waals surface area contributed by atoms with E-state index in [9.17, 15) is 19.8 Å². The van der Waals surface area contributed by atoms with E-state index < -0.39 is 11.9 Å². The molecule has 0 N–H and O–H groups in total. The normalized spacial score (nSPS) is 10.0. The molecule has 2 aromatic heterocycles. The first-order valence-corrected chi connectivity index (χ1v) is 23.7. The zero-order valence-corrected chi connectivity index (χ0v) is 44.8. The van der Waals surface area contributed by atoms with Crippen molar-refractivity contribution >= 4 is 35.1 Å². The third kappa shape index (κ3) is 15.3. The minimum atomic E-state index is -1.14. The van der Waals surface area contributed by atoms with Crippen LogP contribution in [0.15, 0.2) is 146 Å². The van der Waals surface area contributed by atoms with E-state index in [0.29, 0.717) is 0 Å². The van der Waals surface area contributed by atoms with Crippen LogP contribution in [0.2, 0.25) is 0 Å². The van der Waals surface area contributed by atoms with Crippen molar-refractivity contribution in [2.75, 3.05) is 5.34 Å². The number of carbonyl (C=O) groups excluding carboxylic acids is 2. The minimum Gasteiger partial charge on any atom is -0.545 e. The summed E-state index contributed by atoms with van der Waals surface area (Å²) >= 11 is 9.53. The molecule has 2 heterocycles. The topological polar surface area (TPSA) is 106 Å². The van der Waals surface area contributed by atoms with E-state index >= 15 is 0 Å². The fraction of sp³-hybridized carbons (Fsp3) is 0.213. The van der Waals surface area contributed by atoms with Gasteiger partial charge >= 0.3 is 17.1 Å². The van der Waals surface area contributed by atoms with E-state index in [2.05, 4.69) is 86.2 Å². The molecule has 6 nitrogen and oxygen atoms in total. The second-order valence-corrected chi connectivity index (χ2v) is 18.1. The molecule has 0 aliphatic carbocycles. The zero-order chi connectivity index (χ0) is 50.9. The second-order valence-electron chi connectivity index (χ2n) is 17.3. The molecule has 0 fully saturated rings. The first-order valence-electron chi connectivity index (χ1n) is 22.7. The van der Waals surface area contributed by atoms with Gasteiger partial charge in [0.2, 0.25) is 0 Å². The monoisotopic (exact) mass is 1010 g/mol. The molecule has 0 amide bonds. The van der Waals surface area contributed by atoms with E-state index in [1.165, 1.54) is 22.3 Å². The maximum absolute atomic E-state index is 12.3. The van der Waals surface area contributed by atoms with Crippen molar-refractivity contribution in [2.24, 2.45) is 0 Å². The van der Waals surface area contributed by atoms with Crippen LogP contribution >= 0.6 is 23.2 Å². The van der Waals surface area contributed by atoms with Crippen molar-refractivity contribution in [1.82, 2.24) is 9.97 Å². The van der Waals surface area contributed by atoms with Gasteiger partial charge in [0, 0.05) is 35.9 Å². The van der Waals surface area contributed by atoms with Gasteiger partial charge in [0.25, 0.3) is 0 Å². The molecule has 8 rings (SSSR count).